The van der Waals surface area contributed by atoms with E-state index < -0.39 is 0 Å². The Morgan fingerprint density at radius 2 is 2.28 bits per heavy atom. The lowest BCUT2D eigenvalue weighted by Gasteiger charge is -2.08. The molecule has 5 heteroatoms. The summed E-state index contributed by atoms with van der Waals surface area (Å²) in [5, 5.41) is 10.1. The van der Waals surface area contributed by atoms with Gasteiger partial charge in [-0.2, -0.15) is 5.10 Å². The highest BCUT2D eigenvalue weighted by molar-refractivity contribution is 5.65. The SMILES string of the molecule is Cc1[nH]ncc1CCCNc1ccc(F)cc1N. The van der Waals surface area contributed by atoms with Gasteiger partial charge in [-0.1, -0.05) is 0 Å². The zero-order valence-electron chi connectivity index (χ0n) is 10.3. The van der Waals surface area contributed by atoms with Gasteiger partial charge in [0.1, 0.15) is 5.82 Å². The molecule has 0 amide bonds. The second-order valence-corrected chi connectivity index (χ2v) is 4.28. The van der Waals surface area contributed by atoms with Crippen molar-refractivity contribution in [1.82, 2.24) is 10.2 Å². The molecule has 0 radical (unpaired) electrons. The molecule has 0 aliphatic rings. The molecular weight excluding hydrogens is 231 g/mol. The maximum atomic E-state index is 12.8. The number of hydrogen-bond acceptors (Lipinski definition) is 3. The first-order valence-electron chi connectivity index (χ1n) is 5.94. The van der Waals surface area contributed by atoms with Crippen molar-refractivity contribution in [3.63, 3.8) is 0 Å². The molecule has 18 heavy (non-hydrogen) atoms. The van der Waals surface area contributed by atoms with Gasteiger partial charge in [0, 0.05) is 12.2 Å². The Bertz CT molecular complexity index is 521. The van der Waals surface area contributed by atoms with E-state index >= 15 is 0 Å². The Morgan fingerprint density at radius 1 is 1.44 bits per heavy atom. The van der Waals surface area contributed by atoms with E-state index in [2.05, 4.69) is 15.5 Å². The predicted molar refractivity (Wildman–Crippen MR) is 70.9 cm³/mol. The van der Waals surface area contributed by atoms with Crippen LogP contribution < -0.4 is 11.1 Å². The fourth-order valence-electron chi connectivity index (χ4n) is 1.82. The van der Waals surface area contributed by atoms with E-state index in [1.165, 1.54) is 17.7 Å². The minimum atomic E-state index is -0.313. The highest BCUT2D eigenvalue weighted by atomic mass is 19.1. The third-order valence-corrected chi connectivity index (χ3v) is 2.89. The zero-order chi connectivity index (χ0) is 13.0. The summed E-state index contributed by atoms with van der Waals surface area (Å²) in [6.45, 7) is 2.80. The number of rotatable bonds is 5. The molecular formula is C13H17FN4. The van der Waals surface area contributed by atoms with Crippen LogP contribution in [-0.2, 0) is 6.42 Å². The number of nitrogen functional groups attached to an aromatic ring is 1. The number of nitrogens with one attached hydrogen (secondary N) is 2. The summed E-state index contributed by atoms with van der Waals surface area (Å²) in [6.07, 6.45) is 3.77. The van der Waals surface area contributed by atoms with Gasteiger partial charge in [-0.3, -0.25) is 5.10 Å². The molecule has 1 aromatic heterocycles. The normalized spacial score (nSPS) is 10.6. The molecule has 0 spiro atoms. The lowest BCUT2D eigenvalue weighted by Crippen LogP contribution is -2.05. The molecule has 1 heterocycles. The van der Waals surface area contributed by atoms with Gasteiger partial charge in [0.15, 0.2) is 0 Å². The van der Waals surface area contributed by atoms with Gasteiger partial charge in [-0.25, -0.2) is 4.39 Å². The minimum absolute atomic E-state index is 0.313. The summed E-state index contributed by atoms with van der Waals surface area (Å²) in [4.78, 5) is 0. The van der Waals surface area contributed by atoms with Crippen molar-refractivity contribution in [2.75, 3.05) is 17.6 Å². The minimum Gasteiger partial charge on any atom is -0.397 e. The lowest BCUT2D eigenvalue weighted by atomic mass is 10.1. The molecule has 0 aliphatic heterocycles. The number of aromatic amines is 1. The van der Waals surface area contributed by atoms with Crippen LogP contribution in [0, 0.1) is 12.7 Å². The Hall–Kier alpha value is -2.04. The van der Waals surface area contributed by atoms with Crippen LogP contribution in [0.2, 0.25) is 0 Å². The van der Waals surface area contributed by atoms with Crippen molar-refractivity contribution in [2.45, 2.75) is 19.8 Å². The number of anilines is 2. The maximum absolute atomic E-state index is 12.8. The zero-order valence-corrected chi connectivity index (χ0v) is 10.3. The first-order chi connectivity index (χ1) is 8.66. The molecule has 0 unspecified atom stereocenters. The fourth-order valence-corrected chi connectivity index (χ4v) is 1.82. The number of aryl methyl sites for hydroxylation is 2. The van der Waals surface area contributed by atoms with E-state index in [1.807, 2.05) is 13.1 Å². The van der Waals surface area contributed by atoms with E-state index in [1.54, 1.807) is 6.07 Å². The number of aromatic nitrogens is 2. The largest absolute Gasteiger partial charge is 0.397 e. The topological polar surface area (TPSA) is 66.7 Å². The molecule has 96 valence electrons. The van der Waals surface area contributed by atoms with E-state index in [0.29, 0.717) is 5.69 Å². The second-order valence-electron chi connectivity index (χ2n) is 4.28. The quantitative estimate of drug-likeness (QED) is 0.562. The van der Waals surface area contributed by atoms with E-state index in [9.17, 15) is 4.39 Å². The van der Waals surface area contributed by atoms with Gasteiger partial charge in [-0.05, 0) is 43.5 Å². The summed E-state index contributed by atoms with van der Waals surface area (Å²) in [5.41, 5.74) is 9.26. The van der Waals surface area contributed by atoms with Gasteiger partial charge in [0.25, 0.3) is 0 Å². The number of H-pyrrole nitrogens is 1. The van der Waals surface area contributed by atoms with E-state index in [-0.39, 0.29) is 5.82 Å². The average Bonchev–Trinajstić information content (AvgIpc) is 2.73. The number of halogens is 1. The van der Waals surface area contributed by atoms with Gasteiger partial charge in [0.05, 0.1) is 17.6 Å². The number of nitrogens with zero attached hydrogens (tertiary/aromatic N) is 1. The van der Waals surface area contributed by atoms with Crippen LogP contribution >= 0.6 is 0 Å². The van der Waals surface area contributed by atoms with Gasteiger partial charge >= 0.3 is 0 Å². The van der Waals surface area contributed by atoms with Crippen LogP contribution in [0.3, 0.4) is 0 Å². The van der Waals surface area contributed by atoms with Crippen molar-refractivity contribution < 1.29 is 4.39 Å². The molecule has 0 saturated heterocycles. The molecule has 2 aromatic rings. The Kier molecular flexibility index (Phi) is 3.82. The molecule has 4 N–H and O–H groups in total. The van der Waals surface area contributed by atoms with Crippen LogP contribution in [0.25, 0.3) is 0 Å². The molecule has 1 aromatic carbocycles. The van der Waals surface area contributed by atoms with Crippen LogP contribution in [0.4, 0.5) is 15.8 Å². The first kappa shape index (κ1) is 12.4. The van der Waals surface area contributed by atoms with Crippen LogP contribution in [0.5, 0.6) is 0 Å². The summed E-state index contributed by atoms with van der Waals surface area (Å²) in [5.74, 6) is -0.313. The molecule has 0 fully saturated rings. The molecule has 0 atom stereocenters. The average molecular weight is 248 g/mol. The lowest BCUT2D eigenvalue weighted by molar-refractivity contribution is 0.628. The Morgan fingerprint density at radius 3 is 2.94 bits per heavy atom. The van der Waals surface area contributed by atoms with Crippen molar-refractivity contribution in [3.05, 3.63) is 41.5 Å². The Balaban J connectivity index is 1.80. The predicted octanol–water partition coefficient (Wildman–Crippen LogP) is 2.48. The molecule has 0 saturated carbocycles. The number of benzene rings is 1. The maximum Gasteiger partial charge on any atom is 0.125 e. The summed E-state index contributed by atoms with van der Waals surface area (Å²) in [7, 11) is 0. The number of hydrogen-bond donors (Lipinski definition) is 3. The van der Waals surface area contributed by atoms with E-state index in [0.717, 1.165) is 30.8 Å². The van der Waals surface area contributed by atoms with Crippen molar-refractivity contribution >= 4 is 11.4 Å². The summed E-state index contributed by atoms with van der Waals surface area (Å²) >= 11 is 0. The molecule has 2 rings (SSSR count). The smallest absolute Gasteiger partial charge is 0.125 e. The third kappa shape index (κ3) is 3.00. The monoisotopic (exact) mass is 248 g/mol. The second kappa shape index (κ2) is 5.53. The van der Waals surface area contributed by atoms with Crippen molar-refractivity contribution in [1.29, 1.82) is 0 Å². The van der Waals surface area contributed by atoms with E-state index in [4.69, 9.17) is 5.73 Å². The highest BCUT2D eigenvalue weighted by Crippen LogP contribution is 2.19. The Labute approximate surface area is 105 Å². The first-order valence-corrected chi connectivity index (χ1v) is 5.94. The van der Waals surface area contributed by atoms with Gasteiger partial charge in [-0.15, -0.1) is 0 Å². The summed E-state index contributed by atoms with van der Waals surface area (Å²) in [6, 6.07) is 4.38. The molecule has 4 nitrogen and oxygen atoms in total. The third-order valence-electron chi connectivity index (χ3n) is 2.89. The van der Waals surface area contributed by atoms with Crippen LogP contribution in [-0.4, -0.2) is 16.7 Å². The molecule has 0 aliphatic carbocycles. The van der Waals surface area contributed by atoms with Crippen LogP contribution in [0.15, 0.2) is 24.4 Å². The fraction of sp³-hybridized carbons (Fsp3) is 0.308. The van der Waals surface area contributed by atoms with Crippen LogP contribution in [0.1, 0.15) is 17.7 Å². The number of nitrogens with two attached hydrogens (primary N) is 1. The van der Waals surface area contributed by atoms with Crippen molar-refractivity contribution in [3.8, 4) is 0 Å². The van der Waals surface area contributed by atoms with Gasteiger partial charge in [0.2, 0.25) is 0 Å². The molecule has 0 bridgehead atoms. The standard InChI is InChI=1S/C13H17FN4/c1-9-10(8-17-18-9)3-2-6-16-13-5-4-11(14)7-12(13)15/h4-5,7-8,16H,2-3,6,15H2,1H3,(H,17,18). The highest BCUT2D eigenvalue weighted by Gasteiger charge is 2.02. The summed E-state index contributed by atoms with van der Waals surface area (Å²) < 4.78 is 12.8. The van der Waals surface area contributed by atoms with Crippen molar-refractivity contribution in [2.24, 2.45) is 0 Å². The van der Waals surface area contributed by atoms with Gasteiger partial charge < -0.3 is 11.1 Å².